The molecule has 1 aromatic rings. The number of thioether (sulfide) groups is 1. The van der Waals surface area contributed by atoms with Crippen LogP contribution in [0.1, 0.15) is 12.8 Å². The largest absolute Gasteiger partial charge is 0.493 e. The summed E-state index contributed by atoms with van der Waals surface area (Å²) in [5.41, 5.74) is 7.20. The number of methoxy groups -OCH3 is 2. The number of rotatable bonds is 4. The zero-order chi connectivity index (χ0) is 15.5. The summed E-state index contributed by atoms with van der Waals surface area (Å²) in [6, 6.07) is 6.32. The molecule has 2 aliphatic rings. The third kappa shape index (κ3) is 3.13. The lowest BCUT2D eigenvalue weighted by atomic mass is 10.1. The average molecular weight is 321 g/mol. The highest BCUT2D eigenvalue weighted by Gasteiger charge is 2.24. The Balaban J connectivity index is 1.76. The molecule has 0 radical (unpaired) electrons. The summed E-state index contributed by atoms with van der Waals surface area (Å²) in [5, 5.41) is 1.31. The first-order chi connectivity index (χ1) is 10.7. The smallest absolute Gasteiger partial charge is 0.162 e. The molecule has 1 fully saturated rings. The van der Waals surface area contributed by atoms with E-state index in [1.807, 2.05) is 23.9 Å². The highest BCUT2D eigenvalue weighted by molar-refractivity contribution is 8.03. The Morgan fingerprint density at radius 3 is 2.77 bits per heavy atom. The molecule has 2 aliphatic heterocycles. The van der Waals surface area contributed by atoms with Crippen molar-refractivity contribution in [3.63, 3.8) is 0 Å². The lowest BCUT2D eigenvalue weighted by Gasteiger charge is -2.32. The van der Waals surface area contributed by atoms with Crippen LogP contribution in [0.25, 0.3) is 0 Å². The molecule has 0 aromatic heterocycles. The maximum Gasteiger partial charge on any atom is 0.162 e. The molecule has 0 bridgehead atoms. The van der Waals surface area contributed by atoms with E-state index in [2.05, 4.69) is 22.1 Å². The SMILES string of the molecule is COc1ccc(N2C=C(N3CCCC(N)C3)SC2)cc1OC. The van der Waals surface area contributed by atoms with Gasteiger partial charge in [-0.25, -0.2) is 0 Å². The summed E-state index contributed by atoms with van der Waals surface area (Å²) in [6.45, 7) is 2.06. The molecule has 22 heavy (non-hydrogen) atoms. The molecule has 6 heteroatoms. The number of piperidine rings is 1. The second kappa shape index (κ2) is 6.71. The Morgan fingerprint density at radius 1 is 1.23 bits per heavy atom. The molecule has 5 nitrogen and oxygen atoms in total. The minimum Gasteiger partial charge on any atom is -0.493 e. The molecule has 1 saturated heterocycles. The van der Waals surface area contributed by atoms with Gasteiger partial charge in [-0.2, -0.15) is 0 Å². The zero-order valence-electron chi connectivity index (χ0n) is 13.1. The minimum absolute atomic E-state index is 0.297. The van der Waals surface area contributed by atoms with E-state index >= 15 is 0 Å². The quantitative estimate of drug-likeness (QED) is 0.919. The van der Waals surface area contributed by atoms with E-state index in [4.69, 9.17) is 15.2 Å². The van der Waals surface area contributed by atoms with Crippen LogP contribution in [0, 0.1) is 0 Å². The van der Waals surface area contributed by atoms with Crippen LogP contribution in [0.3, 0.4) is 0 Å². The van der Waals surface area contributed by atoms with Crippen molar-refractivity contribution in [2.45, 2.75) is 18.9 Å². The van der Waals surface area contributed by atoms with Crippen molar-refractivity contribution in [3.05, 3.63) is 29.4 Å². The standard InChI is InChI=1S/C16H23N3O2S/c1-20-14-6-5-13(8-15(14)21-2)19-10-16(22-11-19)18-7-3-4-12(17)9-18/h5-6,8,10,12H,3-4,7,9,11,17H2,1-2H3. The molecule has 1 unspecified atom stereocenters. The fourth-order valence-electron chi connectivity index (χ4n) is 2.88. The molecule has 1 aromatic carbocycles. The number of nitrogens with two attached hydrogens (primary N) is 1. The van der Waals surface area contributed by atoms with Gasteiger partial charge in [0.1, 0.15) is 0 Å². The molecule has 120 valence electrons. The van der Waals surface area contributed by atoms with Crippen LogP contribution in [0.2, 0.25) is 0 Å². The van der Waals surface area contributed by atoms with Crippen LogP contribution >= 0.6 is 11.8 Å². The van der Waals surface area contributed by atoms with Crippen LogP contribution in [0.5, 0.6) is 11.5 Å². The summed E-state index contributed by atoms with van der Waals surface area (Å²) in [5.74, 6) is 2.42. The van der Waals surface area contributed by atoms with Gasteiger partial charge >= 0.3 is 0 Å². The predicted octanol–water partition coefficient (Wildman–Crippen LogP) is 2.44. The maximum absolute atomic E-state index is 6.09. The lowest BCUT2D eigenvalue weighted by Crippen LogP contribution is -2.41. The number of anilines is 1. The summed E-state index contributed by atoms with van der Waals surface area (Å²) < 4.78 is 10.7. The summed E-state index contributed by atoms with van der Waals surface area (Å²) in [7, 11) is 3.32. The molecule has 0 aliphatic carbocycles. The predicted molar refractivity (Wildman–Crippen MR) is 91.3 cm³/mol. The number of hydrogen-bond donors (Lipinski definition) is 1. The highest BCUT2D eigenvalue weighted by atomic mass is 32.2. The van der Waals surface area contributed by atoms with Gasteiger partial charge in [-0.3, -0.25) is 0 Å². The number of hydrogen-bond acceptors (Lipinski definition) is 6. The first kappa shape index (κ1) is 15.4. The van der Waals surface area contributed by atoms with Gasteiger partial charge in [0.05, 0.1) is 25.1 Å². The van der Waals surface area contributed by atoms with E-state index in [9.17, 15) is 0 Å². The Kier molecular flexibility index (Phi) is 4.69. The topological polar surface area (TPSA) is 51.0 Å². The molecule has 3 rings (SSSR count). The van der Waals surface area contributed by atoms with Gasteiger partial charge in [0.25, 0.3) is 0 Å². The van der Waals surface area contributed by atoms with Crippen molar-refractivity contribution in [1.29, 1.82) is 0 Å². The average Bonchev–Trinajstić information content (AvgIpc) is 3.04. The van der Waals surface area contributed by atoms with Gasteiger partial charge in [0.15, 0.2) is 11.5 Å². The van der Waals surface area contributed by atoms with Crippen molar-refractivity contribution in [2.75, 3.05) is 38.1 Å². The number of likely N-dealkylation sites (tertiary alicyclic amines) is 1. The molecule has 0 amide bonds. The second-order valence-electron chi connectivity index (χ2n) is 5.60. The van der Waals surface area contributed by atoms with E-state index in [1.165, 1.54) is 11.4 Å². The van der Waals surface area contributed by atoms with Crippen LogP contribution in [0.4, 0.5) is 5.69 Å². The molecule has 2 heterocycles. The minimum atomic E-state index is 0.297. The van der Waals surface area contributed by atoms with Gasteiger partial charge in [0.2, 0.25) is 0 Å². The van der Waals surface area contributed by atoms with Crippen LogP contribution in [-0.2, 0) is 0 Å². The van der Waals surface area contributed by atoms with Crippen LogP contribution < -0.4 is 20.1 Å². The second-order valence-corrected chi connectivity index (χ2v) is 6.56. The lowest BCUT2D eigenvalue weighted by molar-refractivity contribution is 0.275. The third-order valence-electron chi connectivity index (χ3n) is 4.09. The van der Waals surface area contributed by atoms with Crippen molar-refractivity contribution >= 4 is 17.4 Å². The highest BCUT2D eigenvalue weighted by Crippen LogP contribution is 2.37. The molecule has 2 N–H and O–H groups in total. The summed E-state index contributed by atoms with van der Waals surface area (Å²) in [6.07, 6.45) is 4.52. The number of ether oxygens (including phenoxy) is 2. The van der Waals surface area contributed by atoms with Gasteiger partial charge in [-0.05, 0) is 25.0 Å². The van der Waals surface area contributed by atoms with Crippen LogP contribution in [0.15, 0.2) is 29.4 Å². The molecule has 0 saturated carbocycles. The maximum atomic E-state index is 6.09. The van der Waals surface area contributed by atoms with Gasteiger partial charge < -0.3 is 25.0 Å². The first-order valence-electron chi connectivity index (χ1n) is 7.55. The summed E-state index contributed by atoms with van der Waals surface area (Å²) >= 11 is 1.86. The fourth-order valence-corrected chi connectivity index (χ4v) is 3.92. The molecule has 1 atom stereocenters. The number of nitrogens with zero attached hydrogens (tertiary/aromatic N) is 2. The van der Waals surface area contributed by atoms with Crippen molar-refractivity contribution < 1.29 is 9.47 Å². The Bertz CT molecular complexity index is 564. The fraction of sp³-hybridized carbons (Fsp3) is 0.500. The zero-order valence-corrected chi connectivity index (χ0v) is 13.9. The number of benzene rings is 1. The molecular weight excluding hydrogens is 298 g/mol. The van der Waals surface area contributed by atoms with Crippen LogP contribution in [-0.4, -0.2) is 44.1 Å². The van der Waals surface area contributed by atoms with E-state index in [1.54, 1.807) is 14.2 Å². The monoisotopic (exact) mass is 321 g/mol. The van der Waals surface area contributed by atoms with E-state index in [0.29, 0.717) is 6.04 Å². The van der Waals surface area contributed by atoms with Gasteiger partial charge in [-0.15, -0.1) is 0 Å². The van der Waals surface area contributed by atoms with Gasteiger partial charge in [-0.1, -0.05) is 11.8 Å². The Morgan fingerprint density at radius 2 is 2.05 bits per heavy atom. The molecule has 0 spiro atoms. The Hall–Kier alpha value is -1.53. The van der Waals surface area contributed by atoms with E-state index in [0.717, 1.165) is 42.6 Å². The Labute approximate surface area is 136 Å². The third-order valence-corrected chi connectivity index (χ3v) is 5.15. The first-order valence-corrected chi connectivity index (χ1v) is 8.53. The normalized spacial score (nSPS) is 21.8. The van der Waals surface area contributed by atoms with E-state index < -0.39 is 0 Å². The molecular formula is C16H23N3O2S. The van der Waals surface area contributed by atoms with Crippen molar-refractivity contribution in [3.8, 4) is 11.5 Å². The van der Waals surface area contributed by atoms with Gasteiger partial charge in [0, 0.05) is 37.1 Å². The van der Waals surface area contributed by atoms with Crippen molar-refractivity contribution in [2.24, 2.45) is 5.73 Å². The summed E-state index contributed by atoms with van der Waals surface area (Å²) in [4.78, 5) is 4.64. The van der Waals surface area contributed by atoms with Crippen molar-refractivity contribution in [1.82, 2.24) is 4.90 Å². The van der Waals surface area contributed by atoms with E-state index in [-0.39, 0.29) is 0 Å².